The highest BCUT2D eigenvalue weighted by atomic mass is 16.4. The predicted molar refractivity (Wildman–Crippen MR) is 82.0 cm³/mol. The van der Waals surface area contributed by atoms with E-state index in [1.54, 1.807) is 0 Å². The Morgan fingerprint density at radius 2 is 1.80 bits per heavy atom. The average molecular weight is 272 g/mol. The maximum atomic E-state index is 10.7. The van der Waals surface area contributed by atoms with Gasteiger partial charge in [-0.2, -0.15) is 0 Å². The Labute approximate surface area is 121 Å². The van der Waals surface area contributed by atoms with Crippen LogP contribution in [-0.4, -0.2) is 11.1 Å². The van der Waals surface area contributed by atoms with Gasteiger partial charge < -0.3 is 5.11 Å². The van der Waals surface area contributed by atoms with Crippen LogP contribution < -0.4 is 0 Å². The van der Waals surface area contributed by atoms with Gasteiger partial charge in [-0.1, -0.05) is 50.1 Å². The molecule has 0 atom stereocenters. The lowest BCUT2D eigenvalue weighted by atomic mass is 9.84. The van der Waals surface area contributed by atoms with Crippen LogP contribution in [0.1, 0.15) is 62.0 Å². The largest absolute Gasteiger partial charge is 0.478 e. The molecule has 1 aliphatic rings. The summed E-state index contributed by atoms with van der Waals surface area (Å²) in [5, 5.41) is 8.76. The lowest BCUT2D eigenvalue weighted by Crippen LogP contribution is -2.04. The maximum Gasteiger partial charge on any atom is 0.330 e. The van der Waals surface area contributed by atoms with E-state index in [2.05, 4.69) is 30.8 Å². The van der Waals surface area contributed by atoms with Gasteiger partial charge in [-0.25, -0.2) is 4.79 Å². The van der Waals surface area contributed by atoms with Gasteiger partial charge in [0, 0.05) is 5.57 Å². The molecule has 0 bridgehead atoms. The maximum absolute atomic E-state index is 10.7. The Morgan fingerprint density at radius 3 is 2.40 bits per heavy atom. The molecule has 2 rings (SSSR count). The first-order valence-corrected chi connectivity index (χ1v) is 7.66. The molecular formula is C18H24O2. The summed E-state index contributed by atoms with van der Waals surface area (Å²) in [5.41, 5.74) is 3.08. The first-order chi connectivity index (χ1) is 9.66. The minimum atomic E-state index is -0.877. The first-order valence-electron chi connectivity index (χ1n) is 7.66. The van der Waals surface area contributed by atoms with Crippen LogP contribution in [0.2, 0.25) is 0 Å². The molecule has 0 unspecified atom stereocenters. The zero-order valence-corrected chi connectivity index (χ0v) is 12.1. The van der Waals surface area contributed by atoms with Gasteiger partial charge in [0.05, 0.1) is 0 Å². The number of hydrogen-bond acceptors (Lipinski definition) is 1. The molecule has 0 amide bonds. The molecule has 2 nitrogen and oxygen atoms in total. The summed E-state index contributed by atoms with van der Waals surface area (Å²) in [6.07, 6.45) is 9.13. The second kappa shape index (κ2) is 7.28. The number of aryl methyl sites for hydroxylation is 1. The fourth-order valence-electron chi connectivity index (χ4n) is 3.01. The van der Waals surface area contributed by atoms with Crippen molar-refractivity contribution < 1.29 is 9.90 Å². The summed E-state index contributed by atoms with van der Waals surface area (Å²) in [5.74, 6) is -0.123. The molecule has 0 radical (unpaired) electrons. The Morgan fingerprint density at radius 1 is 1.15 bits per heavy atom. The van der Waals surface area contributed by atoms with E-state index in [0.717, 1.165) is 18.8 Å². The van der Waals surface area contributed by atoms with E-state index in [1.165, 1.54) is 43.2 Å². The van der Waals surface area contributed by atoms with Crippen LogP contribution >= 0.6 is 0 Å². The average Bonchev–Trinajstić information content (AvgIpc) is 2.48. The fourth-order valence-corrected chi connectivity index (χ4v) is 3.01. The molecule has 0 spiro atoms. The van der Waals surface area contributed by atoms with Gasteiger partial charge in [0.1, 0.15) is 0 Å². The summed E-state index contributed by atoms with van der Waals surface area (Å²) < 4.78 is 0. The number of benzene rings is 1. The molecule has 108 valence electrons. The number of carboxylic acid groups (broad SMARTS) is 1. The number of carboxylic acids is 1. The standard InChI is InChI=1S/C18H24O2/c1-14(18(19)20)6-5-7-15-10-12-17(13-11-15)16-8-3-2-4-9-16/h10-13,16H,1-9H2,(H,19,20). The summed E-state index contributed by atoms with van der Waals surface area (Å²) in [7, 11) is 0. The minimum Gasteiger partial charge on any atom is -0.478 e. The SMILES string of the molecule is C=C(CCCc1ccc(C2CCCCC2)cc1)C(=O)O. The fraction of sp³-hybridized carbons (Fsp3) is 0.500. The zero-order chi connectivity index (χ0) is 14.4. The molecule has 1 aromatic carbocycles. The molecule has 1 N–H and O–H groups in total. The van der Waals surface area contributed by atoms with Crippen molar-refractivity contribution in [1.82, 2.24) is 0 Å². The van der Waals surface area contributed by atoms with Crippen LogP contribution in [-0.2, 0) is 11.2 Å². The van der Waals surface area contributed by atoms with E-state index in [-0.39, 0.29) is 0 Å². The van der Waals surface area contributed by atoms with Crippen molar-refractivity contribution in [3.63, 3.8) is 0 Å². The highest BCUT2D eigenvalue weighted by Crippen LogP contribution is 2.32. The van der Waals surface area contributed by atoms with Crippen molar-refractivity contribution in [2.24, 2.45) is 0 Å². The van der Waals surface area contributed by atoms with Gasteiger partial charge >= 0.3 is 5.97 Å². The molecule has 1 aromatic rings. The molecule has 0 heterocycles. The molecule has 1 fully saturated rings. The normalized spacial score (nSPS) is 16.0. The van der Waals surface area contributed by atoms with Gasteiger partial charge in [-0.3, -0.25) is 0 Å². The lowest BCUT2D eigenvalue weighted by molar-refractivity contribution is -0.132. The summed E-state index contributed by atoms with van der Waals surface area (Å²) in [6, 6.07) is 8.93. The van der Waals surface area contributed by atoms with Crippen molar-refractivity contribution in [2.45, 2.75) is 57.3 Å². The van der Waals surface area contributed by atoms with Gasteiger partial charge in [0.25, 0.3) is 0 Å². The van der Waals surface area contributed by atoms with Crippen LogP contribution in [0.25, 0.3) is 0 Å². The molecule has 1 saturated carbocycles. The first kappa shape index (κ1) is 14.8. The van der Waals surface area contributed by atoms with E-state index >= 15 is 0 Å². The van der Waals surface area contributed by atoms with E-state index < -0.39 is 5.97 Å². The van der Waals surface area contributed by atoms with E-state index in [4.69, 9.17) is 5.11 Å². The number of carbonyl (C=O) groups is 1. The van der Waals surface area contributed by atoms with Crippen molar-refractivity contribution in [3.8, 4) is 0 Å². The Balaban J connectivity index is 1.82. The molecular weight excluding hydrogens is 248 g/mol. The van der Waals surface area contributed by atoms with Crippen LogP contribution in [0.15, 0.2) is 36.4 Å². The van der Waals surface area contributed by atoms with Crippen molar-refractivity contribution in [2.75, 3.05) is 0 Å². The summed E-state index contributed by atoms with van der Waals surface area (Å²) in [6.45, 7) is 3.56. The summed E-state index contributed by atoms with van der Waals surface area (Å²) in [4.78, 5) is 10.7. The van der Waals surface area contributed by atoms with Crippen molar-refractivity contribution in [1.29, 1.82) is 0 Å². The van der Waals surface area contributed by atoms with Crippen LogP contribution in [0, 0.1) is 0 Å². The highest BCUT2D eigenvalue weighted by molar-refractivity contribution is 5.85. The third-order valence-electron chi connectivity index (χ3n) is 4.30. The molecule has 0 saturated heterocycles. The zero-order valence-electron chi connectivity index (χ0n) is 12.1. The van der Waals surface area contributed by atoms with E-state index in [0.29, 0.717) is 12.0 Å². The smallest absolute Gasteiger partial charge is 0.330 e. The van der Waals surface area contributed by atoms with Crippen LogP contribution in [0.3, 0.4) is 0 Å². The van der Waals surface area contributed by atoms with E-state index in [9.17, 15) is 4.79 Å². The minimum absolute atomic E-state index is 0.309. The quantitative estimate of drug-likeness (QED) is 0.762. The molecule has 1 aliphatic carbocycles. The van der Waals surface area contributed by atoms with Crippen molar-refractivity contribution in [3.05, 3.63) is 47.5 Å². The number of hydrogen-bond donors (Lipinski definition) is 1. The molecule has 0 aromatic heterocycles. The molecule has 2 heteroatoms. The molecule has 20 heavy (non-hydrogen) atoms. The van der Waals surface area contributed by atoms with Crippen LogP contribution in [0.4, 0.5) is 0 Å². The Hall–Kier alpha value is -1.57. The van der Waals surface area contributed by atoms with E-state index in [1.807, 2.05) is 0 Å². The number of rotatable bonds is 6. The topological polar surface area (TPSA) is 37.3 Å². The Kier molecular flexibility index (Phi) is 5.40. The highest BCUT2D eigenvalue weighted by Gasteiger charge is 2.15. The lowest BCUT2D eigenvalue weighted by Gasteiger charge is -2.22. The third-order valence-corrected chi connectivity index (χ3v) is 4.30. The Bertz CT molecular complexity index is 453. The summed E-state index contributed by atoms with van der Waals surface area (Å²) >= 11 is 0. The third kappa shape index (κ3) is 4.22. The van der Waals surface area contributed by atoms with Gasteiger partial charge in [-0.05, 0) is 49.1 Å². The van der Waals surface area contributed by atoms with Crippen LogP contribution in [0.5, 0.6) is 0 Å². The van der Waals surface area contributed by atoms with Gasteiger partial charge in [0.2, 0.25) is 0 Å². The second-order valence-corrected chi connectivity index (χ2v) is 5.84. The number of aliphatic carboxylic acids is 1. The molecule has 0 aliphatic heterocycles. The van der Waals surface area contributed by atoms with Crippen molar-refractivity contribution >= 4 is 5.97 Å². The van der Waals surface area contributed by atoms with Gasteiger partial charge in [-0.15, -0.1) is 0 Å². The second-order valence-electron chi connectivity index (χ2n) is 5.84. The predicted octanol–water partition coefficient (Wildman–Crippen LogP) is 4.70. The monoisotopic (exact) mass is 272 g/mol. The van der Waals surface area contributed by atoms with Gasteiger partial charge in [0.15, 0.2) is 0 Å².